The summed E-state index contributed by atoms with van der Waals surface area (Å²) in [6, 6.07) is 34.7. The average Bonchev–Trinajstić information content (AvgIpc) is 3.47. The predicted molar refractivity (Wildman–Crippen MR) is 140 cm³/mol. The van der Waals surface area contributed by atoms with Crippen LogP contribution in [0.25, 0.3) is 66.9 Å². The lowest BCUT2D eigenvalue weighted by atomic mass is 10.0. The number of hydrogen-bond acceptors (Lipinski definition) is 4. The first-order chi connectivity index (χ1) is 17.3. The molecule has 7 aromatic rings. The van der Waals surface area contributed by atoms with Crippen molar-refractivity contribution in [1.82, 2.24) is 9.97 Å². The zero-order valence-corrected chi connectivity index (χ0v) is 19.0. The van der Waals surface area contributed by atoms with Crippen LogP contribution in [-0.2, 0) is 0 Å². The highest BCUT2D eigenvalue weighted by molar-refractivity contribution is 6.09. The molecule has 3 aromatic carbocycles. The van der Waals surface area contributed by atoms with Gasteiger partial charge in [0.25, 0.3) is 0 Å². The quantitative estimate of drug-likeness (QED) is 0.270. The summed E-state index contributed by atoms with van der Waals surface area (Å²) in [7, 11) is 0. The van der Waals surface area contributed by atoms with E-state index in [1.807, 2.05) is 73.7 Å². The Morgan fingerprint density at radius 2 is 1.37 bits per heavy atom. The third kappa shape index (κ3) is 3.15. The van der Waals surface area contributed by atoms with Gasteiger partial charge in [0.05, 0.1) is 11.3 Å². The Bertz CT molecular complexity index is 1850. The van der Waals surface area contributed by atoms with Gasteiger partial charge in [-0.3, -0.25) is 0 Å². The molecule has 0 N–H and O–H groups in total. The van der Waals surface area contributed by atoms with Crippen LogP contribution in [0.3, 0.4) is 0 Å². The minimum absolute atomic E-state index is 0.646. The molecule has 7 rings (SSSR count). The molecule has 0 atom stereocenters. The van der Waals surface area contributed by atoms with Gasteiger partial charge >= 0.3 is 0 Å². The molecule has 0 saturated carbocycles. The van der Waals surface area contributed by atoms with Gasteiger partial charge in [-0.05, 0) is 42.8 Å². The summed E-state index contributed by atoms with van der Waals surface area (Å²) in [5.74, 6) is 0.818. The Morgan fingerprint density at radius 3 is 2.17 bits per heavy atom. The van der Waals surface area contributed by atoms with E-state index in [1.54, 1.807) is 0 Å². The fourth-order valence-corrected chi connectivity index (χ4v) is 4.76. The van der Waals surface area contributed by atoms with E-state index in [4.69, 9.17) is 13.8 Å². The molecule has 0 aliphatic rings. The number of nitrogens with zero attached hydrogens (tertiary/aromatic N) is 2. The molecule has 4 heterocycles. The van der Waals surface area contributed by atoms with Gasteiger partial charge in [-0.25, -0.2) is 9.97 Å². The Morgan fingerprint density at radius 1 is 0.600 bits per heavy atom. The number of benzene rings is 3. The summed E-state index contributed by atoms with van der Waals surface area (Å²) >= 11 is 0. The molecule has 0 fully saturated rings. The van der Waals surface area contributed by atoms with Crippen molar-refractivity contribution in [1.29, 1.82) is 0 Å². The lowest BCUT2D eigenvalue weighted by Gasteiger charge is -2.05. The maximum Gasteiger partial charge on any atom is 0.227 e. The molecule has 0 radical (unpaired) electrons. The first kappa shape index (κ1) is 19.7. The Hall–Kier alpha value is -4.70. The summed E-state index contributed by atoms with van der Waals surface area (Å²) in [6.45, 7) is 1.97. The van der Waals surface area contributed by atoms with Gasteiger partial charge in [0.15, 0.2) is 5.58 Å². The van der Waals surface area contributed by atoms with Crippen molar-refractivity contribution in [3.63, 3.8) is 0 Å². The van der Waals surface area contributed by atoms with E-state index in [9.17, 15) is 0 Å². The molecule has 4 aromatic heterocycles. The number of furan rings is 2. The van der Waals surface area contributed by atoms with Crippen LogP contribution in [0, 0.1) is 6.92 Å². The third-order valence-electron chi connectivity index (χ3n) is 6.41. The molecule has 0 saturated heterocycles. The topological polar surface area (TPSA) is 52.1 Å². The first-order valence-corrected chi connectivity index (χ1v) is 11.6. The van der Waals surface area contributed by atoms with Gasteiger partial charge in [-0.15, -0.1) is 0 Å². The first-order valence-electron chi connectivity index (χ1n) is 11.6. The fourth-order valence-electron chi connectivity index (χ4n) is 4.76. The fraction of sp³-hybridized carbons (Fsp3) is 0.0323. The van der Waals surface area contributed by atoms with Crippen LogP contribution < -0.4 is 0 Å². The number of rotatable bonds is 3. The molecule has 0 aliphatic carbocycles. The molecule has 35 heavy (non-hydrogen) atoms. The highest BCUT2D eigenvalue weighted by Crippen LogP contribution is 2.41. The smallest absolute Gasteiger partial charge is 0.227 e. The highest BCUT2D eigenvalue weighted by atomic mass is 16.3. The van der Waals surface area contributed by atoms with Gasteiger partial charge in [0, 0.05) is 27.6 Å². The van der Waals surface area contributed by atoms with Gasteiger partial charge < -0.3 is 8.83 Å². The Balaban J connectivity index is 1.50. The minimum atomic E-state index is 0.646. The minimum Gasteiger partial charge on any atom is -0.454 e. The SMILES string of the molecule is Cc1ccc2c(n1)oc1c(-c3ccc4oc(-c5ccccc5)c(-c5ccccc5)c4n3)cccc12. The molecule has 4 nitrogen and oxygen atoms in total. The molecule has 166 valence electrons. The second-order valence-electron chi connectivity index (χ2n) is 8.67. The number of hydrogen-bond donors (Lipinski definition) is 0. The van der Waals surface area contributed by atoms with Gasteiger partial charge in [0.1, 0.15) is 16.9 Å². The third-order valence-corrected chi connectivity index (χ3v) is 6.41. The maximum absolute atomic E-state index is 6.38. The average molecular weight is 453 g/mol. The predicted octanol–water partition coefficient (Wildman–Crippen LogP) is 8.43. The lowest BCUT2D eigenvalue weighted by Crippen LogP contribution is -1.87. The van der Waals surface area contributed by atoms with E-state index < -0.39 is 0 Å². The molecule has 0 amide bonds. The zero-order chi connectivity index (χ0) is 23.4. The number of aromatic nitrogens is 2. The van der Waals surface area contributed by atoms with Crippen LogP contribution in [0.4, 0.5) is 0 Å². The second-order valence-corrected chi connectivity index (χ2v) is 8.67. The number of para-hydroxylation sites is 1. The van der Waals surface area contributed by atoms with Crippen molar-refractivity contribution in [2.45, 2.75) is 6.92 Å². The molecule has 0 aliphatic heterocycles. The summed E-state index contributed by atoms with van der Waals surface area (Å²) < 4.78 is 12.6. The molecular formula is C31H20N2O2. The van der Waals surface area contributed by atoms with E-state index in [-0.39, 0.29) is 0 Å². The molecule has 0 unspecified atom stereocenters. The summed E-state index contributed by atoms with van der Waals surface area (Å²) in [4.78, 5) is 9.72. The number of aryl methyl sites for hydroxylation is 1. The van der Waals surface area contributed by atoms with E-state index in [1.165, 1.54) is 0 Å². The Labute approximate surface area is 201 Å². The van der Waals surface area contributed by atoms with Crippen LogP contribution in [0.5, 0.6) is 0 Å². The standard InChI is InChI=1S/C31H20N2O2/c1-19-15-16-23-22-13-8-14-24(30(22)35-31(23)32-19)25-17-18-26-28(33-25)27(20-9-4-2-5-10-20)29(34-26)21-11-6-3-7-12-21/h2-18H,1H3. The normalized spacial score (nSPS) is 11.6. The van der Waals surface area contributed by atoms with Crippen molar-refractivity contribution in [3.05, 3.63) is 109 Å². The van der Waals surface area contributed by atoms with Crippen LogP contribution in [-0.4, -0.2) is 9.97 Å². The monoisotopic (exact) mass is 452 g/mol. The number of fused-ring (bicyclic) bond motifs is 4. The van der Waals surface area contributed by atoms with Crippen LogP contribution in [0.2, 0.25) is 0 Å². The van der Waals surface area contributed by atoms with Gasteiger partial charge in [-0.2, -0.15) is 0 Å². The highest BCUT2D eigenvalue weighted by Gasteiger charge is 2.21. The summed E-state index contributed by atoms with van der Waals surface area (Å²) in [5.41, 5.74) is 8.78. The molecular weight excluding hydrogens is 432 g/mol. The summed E-state index contributed by atoms with van der Waals surface area (Å²) in [5, 5.41) is 2.04. The second kappa shape index (κ2) is 7.67. The largest absolute Gasteiger partial charge is 0.454 e. The van der Waals surface area contributed by atoms with E-state index in [2.05, 4.69) is 41.4 Å². The van der Waals surface area contributed by atoms with Crippen molar-refractivity contribution < 1.29 is 8.83 Å². The van der Waals surface area contributed by atoms with E-state index in [0.29, 0.717) is 5.71 Å². The molecule has 0 bridgehead atoms. The van der Waals surface area contributed by atoms with Gasteiger partial charge in [-0.1, -0.05) is 72.8 Å². The summed E-state index contributed by atoms with van der Waals surface area (Å²) in [6.07, 6.45) is 0. The van der Waals surface area contributed by atoms with Gasteiger partial charge in [0.2, 0.25) is 5.71 Å². The number of pyridine rings is 2. The van der Waals surface area contributed by atoms with Crippen LogP contribution in [0.15, 0.2) is 112 Å². The molecule has 0 spiro atoms. The zero-order valence-electron chi connectivity index (χ0n) is 19.0. The van der Waals surface area contributed by atoms with Crippen molar-refractivity contribution in [2.75, 3.05) is 0 Å². The van der Waals surface area contributed by atoms with Crippen molar-refractivity contribution >= 4 is 33.2 Å². The van der Waals surface area contributed by atoms with Crippen molar-refractivity contribution in [2.24, 2.45) is 0 Å². The van der Waals surface area contributed by atoms with E-state index >= 15 is 0 Å². The Kier molecular flexibility index (Phi) is 4.33. The van der Waals surface area contributed by atoms with Crippen LogP contribution in [0.1, 0.15) is 5.69 Å². The molecule has 4 heteroatoms. The van der Waals surface area contributed by atoms with Crippen molar-refractivity contribution in [3.8, 4) is 33.7 Å². The lowest BCUT2D eigenvalue weighted by molar-refractivity contribution is 0.632. The van der Waals surface area contributed by atoms with Crippen LogP contribution >= 0.6 is 0 Å². The maximum atomic E-state index is 6.38. The van der Waals surface area contributed by atoms with E-state index in [0.717, 1.165) is 66.9 Å².